The van der Waals surface area contributed by atoms with Crippen LogP contribution in [0, 0.1) is 0 Å². The van der Waals surface area contributed by atoms with E-state index in [4.69, 9.17) is 9.15 Å². The summed E-state index contributed by atoms with van der Waals surface area (Å²) in [4.78, 5) is 12.4. The summed E-state index contributed by atoms with van der Waals surface area (Å²) in [5.41, 5.74) is 0. The molecular weight excluding hydrogens is 376 g/mol. The maximum absolute atomic E-state index is 12.4. The maximum atomic E-state index is 12.4. The zero-order chi connectivity index (χ0) is 18.6. The highest BCUT2D eigenvalue weighted by atomic mass is 35.5. The molecule has 2 unspecified atom stereocenters. The lowest BCUT2D eigenvalue weighted by Crippen LogP contribution is -2.51. The Hall–Kier alpha value is -2.50. The van der Waals surface area contributed by atoms with E-state index in [1.807, 2.05) is 30.3 Å². The zero-order valence-corrected chi connectivity index (χ0v) is 16.6. The number of piperidine rings is 1. The highest BCUT2D eigenvalue weighted by molar-refractivity contribution is 5.91. The molecule has 148 valence electrons. The van der Waals surface area contributed by atoms with Crippen LogP contribution in [0.5, 0.6) is 5.75 Å². The number of fused-ring (bicyclic) bond motifs is 1. The van der Waals surface area contributed by atoms with Crippen molar-refractivity contribution in [1.29, 1.82) is 0 Å². The van der Waals surface area contributed by atoms with Gasteiger partial charge < -0.3 is 19.8 Å². The Morgan fingerprint density at radius 2 is 2.00 bits per heavy atom. The van der Waals surface area contributed by atoms with E-state index in [1.54, 1.807) is 12.1 Å². The van der Waals surface area contributed by atoms with E-state index in [0.717, 1.165) is 30.5 Å². The van der Waals surface area contributed by atoms with E-state index < -0.39 is 0 Å². The lowest BCUT2D eigenvalue weighted by atomic mass is 10.00. The van der Waals surface area contributed by atoms with Crippen molar-refractivity contribution >= 4 is 29.1 Å². The molecule has 0 spiro atoms. The quantitative estimate of drug-likeness (QED) is 0.670. The number of ether oxygens (including phenoxy) is 1. The first-order valence-electron chi connectivity index (χ1n) is 9.43. The normalized spacial score (nSPS) is 19.0. The van der Waals surface area contributed by atoms with Crippen LogP contribution in [0.25, 0.3) is 10.8 Å². The fraction of sp³-hybridized carbons (Fsp3) is 0.318. The summed E-state index contributed by atoms with van der Waals surface area (Å²) in [6.45, 7) is 3.38. The number of hydrogen-bond acceptors (Lipinski definition) is 4. The summed E-state index contributed by atoms with van der Waals surface area (Å²) in [6, 6.07) is 18.0. The van der Waals surface area contributed by atoms with Gasteiger partial charge in [-0.3, -0.25) is 4.79 Å². The Bertz CT molecular complexity index is 940. The molecule has 0 bridgehead atoms. The molecule has 1 saturated heterocycles. The third kappa shape index (κ3) is 4.66. The first-order chi connectivity index (χ1) is 13.2. The number of rotatable bonds is 5. The van der Waals surface area contributed by atoms with Gasteiger partial charge in [0.25, 0.3) is 5.91 Å². The van der Waals surface area contributed by atoms with Crippen LogP contribution < -0.4 is 15.4 Å². The van der Waals surface area contributed by atoms with Gasteiger partial charge in [0.05, 0.1) is 0 Å². The van der Waals surface area contributed by atoms with Gasteiger partial charge in [0.1, 0.15) is 18.1 Å². The van der Waals surface area contributed by atoms with E-state index in [1.165, 1.54) is 5.39 Å². The number of furan rings is 1. The fourth-order valence-electron chi connectivity index (χ4n) is 3.47. The topological polar surface area (TPSA) is 63.5 Å². The standard InChI is InChI=1S/C22H24N2O3.ClH/c1-15-20(7-4-12-23-15)24-22(25)21-11-10-19(27-21)14-26-18-9-8-16-5-2-3-6-17(16)13-18;/h2-3,5-6,8-11,13,15,20,23H,4,7,12,14H2,1H3,(H,24,25);1H. The van der Waals surface area contributed by atoms with Crippen molar-refractivity contribution in [3.8, 4) is 5.75 Å². The largest absolute Gasteiger partial charge is 0.486 e. The second kappa shape index (κ2) is 9.13. The molecular formula is C22H25ClN2O3. The van der Waals surface area contributed by atoms with Crippen molar-refractivity contribution in [3.05, 3.63) is 66.1 Å². The third-order valence-electron chi connectivity index (χ3n) is 5.07. The average Bonchev–Trinajstić information content (AvgIpc) is 3.17. The molecule has 0 saturated carbocycles. The smallest absolute Gasteiger partial charge is 0.287 e. The predicted molar refractivity (Wildman–Crippen MR) is 112 cm³/mol. The number of hydrogen-bond donors (Lipinski definition) is 2. The van der Waals surface area contributed by atoms with E-state index >= 15 is 0 Å². The molecule has 1 fully saturated rings. The van der Waals surface area contributed by atoms with Gasteiger partial charge in [0, 0.05) is 12.1 Å². The Morgan fingerprint density at radius 1 is 1.18 bits per heavy atom. The summed E-state index contributed by atoms with van der Waals surface area (Å²) in [5.74, 6) is 1.55. The van der Waals surface area contributed by atoms with Crippen LogP contribution >= 0.6 is 12.4 Å². The van der Waals surface area contributed by atoms with Gasteiger partial charge in [-0.25, -0.2) is 0 Å². The number of amides is 1. The molecule has 3 aromatic rings. The number of carbonyl (C=O) groups excluding carboxylic acids is 1. The van der Waals surface area contributed by atoms with E-state index in [0.29, 0.717) is 11.5 Å². The summed E-state index contributed by atoms with van der Waals surface area (Å²) in [7, 11) is 0. The van der Waals surface area contributed by atoms with Gasteiger partial charge in [-0.15, -0.1) is 12.4 Å². The maximum Gasteiger partial charge on any atom is 0.287 e. The lowest BCUT2D eigenvalue weighted by molar-refractivity contribution is 0.0887. The minimum atomic E-state index is -0.174. The van der Waals surface area contributed by atoms with E-state index in [9.17, 15) is 4.79 Å². The average molecular weight is 401 g/mol. The lowest BCUT2D eigenvalue weighted by Gasteiger charge is -2.30. The molecule has 0 aliphatic carbocycles. The summed E-state index contributed by atoms with van der Waals surface area (Å²) < 4.78 is 11.5. The van der Waals surface area contributed by atoms with Gasteiger partial charge in [0.15, 0.2) is 5.76 Å². The van der Waals surface area contributed by atoms with Crippen molar-refractivity contribution in [2.45, 2.75) is 38.5 Å². The van der Waals surface area contributed by atoms with Gasteiger partial charge in [-0.05, 0) is 61.3 Å². The number of nitrogens with one attached hydrogen (secondary N) is 2. The fourth-order valence-corrected chi connectivity index (χ4v) is 3.47. The minimum Gasteiger partial charge on any atom is -0.486 e. The highest BCUT2D eigenvalue weighted by Gasteiger charge is 2.24. The van der Waals surface area contributed by atoms with Crippen LogP contribution in [0.15, 0.2) is 59.0 Å². The van der Waals surface area contributed by atoms with E-state index in [2.05, 4.69) is 29.7 Å². The van der Waals surface area contributed by atoms with Gasteiger partial charge in [-0.1, -0.05) is 30.3 Å². The molecule has 2 N–H and O–H groups in total. The number of carbonyl (C=O) groups is 1. The predicted octanol–water partition coefficient (Wildman–Crippen LogP) is 4.30. The van der Waals surface area contributed by atoms with Crippen LogP contribution in [0.3, 0.4) is 0 Å². The molecule has 2 aromatic carbocycles. The molecule has 1 aliphatic rings. The molecule has 6 heteroatoms. The van der Waals surface area contributed by atoms with Crippen LogP contribution in [-0.4, -0.2) is 24.5 Å². The second-order valence-corrected chi connectivity index (χ2v) is 7.03. The Morgan fingerprint density at radius 3 is 2.82 bits per heavy atom. The van der Waals surface area contributed by atoms with Crippen LogP contribution in [0.4, 0.5) is 0 Å². The van der Waals surface area contributed by atoms with Crippen molar-refractivity contribution in [3.63, 3.8) is 0 Å². The zero-order valence-electron chi connectivity index (χ0n) is 15.8. The molecule has 2 atom stereocenters. The van der Waals surface area contributed by atoms with Crippen molar-refractivity contribution in [2.24, 2.45) is 0 Å². The molecule has 0 radical (unpaired) electrons. The van der Waals surface area contributed by atoms with Crippen LogP contribution in [0.1, 0.15) is 36.1 Å². The monoisotopic (exact) mass is 400 g/mol. The number of benzene rings is 2. The molecule has 2 heterocycles. The highest BCUT2D eigenvalue weighted by Crippen LogP contribution is 2.22. The van der Waals surface area contributed by atoms with Crippen molar-refractivity contribution in [2.75, 3.05) is 6.54 Å². The molecule has 28 heavy (non-hydrogen) atoms. The third-order valence-corrected chi connectivity index (χ3v) is 5.07. The van der Waals surface area contributed by atoms with Crippen LogP contribution in [0.2, 0.25) is 0 Å². The SMILES string of the molecule is CC1NCCCC1NC(=O)c1ccc(COc2ccc3ccccc3c2)o1.Cl. The molecule has 4 rings (SSSR count). The second-order valence-electron chi connectivity index (χ2n) is 7.03. The summed E-state index contributed by atoms with van der Waals surface area (Å²) in [5, 5.41) is 8.74. The minimum absolute atomic E-state index is 0. The summed E-state index contributed by atoms with van der Waals surface area (Å²) >= 11 is 0. The summed E-state index contributed by atoms with van der Waals surface area (Å²) in [6.07, 6.45) is 2.05. The first-order valence-corrected chi connectivity index (χ1v) is 9.43. The molecule has 1 aliphatic heterocycles. The Balaban J connectivity index is 0.00000225. The first kappa shape index (κ1) is 20.2. The van der Waals surface area contributed by atoms with Crippen molar-refractivity contribution < 1.29 is 13.9 Å². The van der Waals surface area contributed by atoms with Crippen LogP contribution in [-0.2, 0) is 6.61 Å². The van der Waals surface area contributed by atoms with Crippen molar-refractivity contribution in [1.82, 2.24) is 10.6 Å². The number of halogens is 1. The van der Waals surface area contributed by atoms with E-state index in [-0.39, 0.29) is 37.0 Å². The van der Waals surface area contributed by atoms with Gasteiger partial charge >= 0.3 is 0 Å². The Labute approximate surface area is 170 Å². The van der Waals surface area contributed by atoms with Gasteiger partial charge in [0.2, 0.25) is 0 Å². The Kier molecular flexibility index (Phi) is 6.60. The van der Waals surface area contributed by atoms with Gasteiger partial charge in [-0.2, -0.15) is 0 Å². The molecule has 1 aromatic heterocycles. The molecule has 1 amide bonds. The molecule has 5 nitrogen and oxygen atoms in total.